The number of nitrogens with zero attached hydrogens (tertiary/aromatic N) is 5. The molecule has 0 bridgehead atoms. The first kappa shape index (κ1) is 19.0. The van der Waals surface area contributed by atoms with Gasteiger partial charge in [-0.2, -0.15) is 9.10 Å². The van der Waals surface area contributed by atoms with Crippen molar-refractivity contribution >= 4 is 21.4 Å². The van der Waals surface area contributed by atoms with Gasteiger partial charge in [0.05, 0.1) is 18.5 Å². The van der Waals surface area contributed by atoms with Crippen molar-refractivity contribution in [3.8, 4) is 16.5 Å². The van der Waals surface area contributed by atoms with Crippen LogP contribution in [0.3, 0.4) is 0 Å². The number of ether oxygens (including phenoxy) is 1. The summed E-state index contributed by atoms with van der Waals surface area (Å²) in [5.41, 5.74) is 0. The third kappa shape index (κ3) is 3.52. The minimum absolute atomic E-state index is 0.117. The van der Waals surface area contributed by atoms with E-state index in [-0.39, 0.29) is 23.2 Å². The van der Waals surface area contributed by atoms with Gasteiger partial charge in [0.2, 0.25) is 15.8 Å². The van der Waals surface area contributed by atoms with Gasteiger partial charge in [0.15, 0.2) is 0 Å². The van der Waals surface area contributed by atoms with Gasteiger partial charge < -0.3 is 4.74 Å². The monoisotopic (exact) mass is 423 g/mol. The summed E-state index contributed by atoms with van der Waals surface area (Å²) in [6.07, 6.45) is 1.36. The largest absolute Gasteiger partial charge is 0.495 e. The molecule has 0 radical (unpaired) electrons. The number of halogens is 1. The third-order valence-corrected chi connectivity index (χ3v) is 7.44. The highest BCUT2D eigenvalue weighted by Gasteiger charge is 2.37. The Morgan fingerprint density at radius 1 is 1.36 bits per heavy atom. The van der Waals surface area contributed by atoms with Crippen LogP contribution in [0.1, 0.15) is 12.8 Å². The van der Waals surface area contributed by atoms with Crippen molar-refractivity contribution in [3.05, 3.63) is 41.5 Å². The molecule has 0 amide bonds. The van der Waals surface area contributed by atoms with Crippen LogP contribution in [0.4, 0.5) is 4.39 Å². The molecule has 4 rings (SSSR count). The van der Waals surface area contributed by atoms with E-state index in [1.807, 2.05) is 17.5 Å². The Bertz CT molecular complexity index is 1070. The third-order valence-electron chi connectivity index (χ3n) is 4.60. The van der Waals surface area contributed by atoms with Gasteiger partial charge in [0.25, 0.3) is 0 Å². The van der Waals surface area contributed by atoms with E-state index in [1.54, 1.807) is 0 Å². The molecule has 1 fully saturated rings. The molecule has 1 aliphatic heterocycles. The van der Waals surface area contributed by atoms with Gasteiger partial charge in [-0.25, -0.2) is 12.8 Å². The average molecular weight is 423 g/mol. The molecule has 3 aromatic rings. The van der Waals surface area contributed by atoms with Gasteiger partial charge in [-0.05, 0) is 47.7 Å². The van der Waals surface area contributed by atoms with Crippen molar-refractivity contribution in [2.45, 2.75) is 30.3 Å². The van der Waals surface area contributed by atoms with Crippen LogP contribution in [0.5, 0.6) is 5.75 Å². The summed E-state index contributed by atoms with van der Waals surface area (Å²) >= 11 is 1.51. The lowest BCUT2D eigenvalue weighted by Crippen LogP contribution is -2.38. The lowest BCUT2D eigenvalue weighted by Gasteiger charge is -2.24. The van der Waals surface area contributed by atoms with Crippen LogP contribution >= 0.6 is 11.3 Å². The summed E-state index contributed by atoms with van der Waals surface area (Å²) in [6, 6.07) is 6.94. The molecular formula is C17H18FN5O3S2. The molecule has 8 nitrogen and oxygen atoms in total. The highest BCUT2D eigenvalue weighted by atomic mass is 32.2. The Morgan fingerprint density at radius 2 is 2.21 bits per heavy atom. The molecule has 11 heteroatoms. The molecule has 0 N–H and O–H groups in total. The number of tetrazole rings is 1. The number of rotatable bonds is 6. The highest BCUT2D eigenvalue weighted by Crippen LogP contribution is 2.32. The molecule has 1 aliphatic rings. The van der Waals surface area contributed by atoms with Gasteiger partial charge >= 0.3 is 0 Å². The van der Waals surface area contributed by atoms with Crippen molar-refractivity contribution in [1.82, 2.24) is 24.5 Å². The van der Waals surface area contributed by atoms with E-state index in [4.69, 9.17) is 4.74 Å². The van der Waals surface area contributed by atoms with E-state index < -0.39 is 15.8 Å². The number of hydrogen-bond acceptors (Lipinski definition) is 7. The average Bonchev–Trinajstić information content (AvgIpc) is 3.43. The van der Waals surface area contributed by atoms with Gasteiger partial charge in [-0.15, -0.1) is 21.5 Å². The number of methoxy groups -OCH3 is 1. The molecule has 148 valence electrons. The number of aromatic nitrogens is 4. The maximum Gasteiger partial charge on any atom is 0.247 e. The van der Waals surface area contributed by atoms with E-state index in [0.29, 0.717) is 25.2 Å². The summed E-state index contributed by atoms with van der Waals surface area (Å²) in [5, 5.41) is 14.4. The fraction of sp³-hybridized carbons (Fsp3) is 0.353. The minimum Gasteiger partial charge on any atom is -0.495 e. The van der Waals surface area contributed by atoms with E-state index >= 15 is 0 Å². The van der Waals surface area contributed by atoms with Crippen molar-refractivity contribution in [1.29, 1.82) is 0 Å². The zero-order valence-electron chi connectivity index (χ0n) is 15.0. The molecule has 0 saturated carbocycles. The van der Waals surface area contributed by atoms with Crippen LogP contribution in [-0.2, 0) is 16.6 Å². The van der Waals surface area contributed by atoms with Gasteiger partial charge in [-0.3, -0.25) is 0 Å². The van der Waals surface area contributed by atoms with Crippen LogP contribution in [0.25, 0.3) is 10.7 Å². The van der Waals surface area contributed by atoms with Crippen molar-refractivity contribution in [2.75, 3.05) is 13.7 Å². The number of benzene rings is 1. The molecular weight excluding hydrogens is 405 g/mol. The lowest BCUT2D eigenvalue weighted by molar-refractivity contribution is 0.321. The molecule has 1 atom stereocenters. The van der Waals surface area contributed by atoms with E-state index in [9.17, 15) is 12.8 Å². The molecule has 0 spiro atoms. The molecule has 0 aliphatic carbocycles. The molecule has 3 heterocycles. The first-order valence-electron chi connectivity index (χ1n) is 8.66. The van der Waals surface area contributed by atoms with Gasteiger partial charge in [0, 0.05) is 12.6 Å². The normalized spacial score (nSPS) is 17.9. The van der Waals surface area contributed by atoms with Gasteiger partial charge in [0.1, 0.15) is 16.5 Å². The predicted molar refractivity (Wildman–Crippen MR) is 101 cm³/mol. The number of thiophene rings is 1. The minimum atomic E-state index is -3.93. The summed E-state index contributed by atoms with van der Waals surface area (Å²) < 4.78 is 46.6. The molecule has 2 aromatic heterocycles. The van der Waals surface area contributed by atoms with Crippen molar-refractivity contribution in [3.63, 3.8) is 0 Å². The zero-order valence-corrected chi connectivity index (χ0v) is 16.7. The van der Waals surface area contributed by atoms with Crippen LogP contribution in [0, 0.1) is 5.82 Å². The Balaban J connectivity index is 1.59. The molecule has 1 unspecified atom stereocenters. The first-order valence-corrected chi connectivity index (χ1v) is 11.0. The summed E-state index contributed by atoms with van der Waals surface area (Å²) in [7, 11) is -2.57. The second kappa shape index (κ2) is 7.57. The van der Waals surface area contributed by atoms with Crippen LogP contribution in [0.15, 0.2) is 40.6 Å². The maximum absolute atomic E-state index is 13.7. The SMILES string of the molecule is COc1ccc(F)cc1S(=O)(=O)N1CCCC1Cn1nnc(-c2cccs2)n1. The topological polar surface area (TPSA) is 90.2 Å². The predicted octanol–water partition coefficient (Wildman–Crippen LogP) is 2.40. The molecule has 28 heavy (non-hydrogen) atoms. The maximum atomic E-state index is 13.7. The Kier molecular flexibility index (Phi) is 5.13. The second-order valence-electron chi connectivity index (χ2n) is 6.35. The quantitative estimate of drug-likeness (QED) is 0.605. The zero-order chi connectivity index (χ0) is 19.7. The fourth-order valence-corrected chi connectivity index (χ4v) is 5.80. The van der Waals surface area contributed by atoms with Crippen molar-refractivity contribution in [2.24, 2.45) is 0 Å². The van der Waals surface area contributed by atoms with E-state index in [0.717, 1.165) is 10.9 Å². The smallest absolute Gasteiger partial charge is 0.247 e. The van der Waals surface area contributed by atoms with Gasteiger partial charge in [-0.1, -0.05) is 6.07 Å². The highest BCUT2D eigenvalue weighted by molar-refractivity contribution is 7.89. The summed E-state index contributed by atoms with van der Waals surface area (Å²) in [6.45, 7) is 0.619. The standard InChI is InChI=1S/C17H18FN5O3S2/c1-26-14-7-6-12(18)10-16(14)28(24,25)22-8-2-4-13(22)11-23-20-17(19-21-23)15-5-3-9-27-15/h3,5-7,9-10,13H,2,4,8,11H2,1H3. The second-order valence-corrected chi connectivity index (χ2v) is 9.16. The Labute approximate surface area is 165 Å². The molecule has 1 saturated heterocycles. The number of hydrogen-bond donors (Lipinski definition) is 0. The Morgan fingerprint density at radius 3 is 2.96 bits per heavy atom. The fourth-order valence-electron chi connectivity index (χ4n) is 3.30. The lowest BCUT2D eigenvalue weighted by atomic mass is 10.2. The summed E-state index contributed by atoms with van der Waals surface area (Å²) in [5.74, 6) is -0.00577. The van der Waals surface area contributed by atoms with Crippen LogP contribution < -0.4 is 4.74 Å². The first-order chi connectivity index (χ1) is 13.5. The Hall–Kier alpha value is -2.37. The van der Waals surface area contributed by atoms with E-state index in [2.05, 4.69) is 15.4 Å². The van der Waals surface area contributed by atoms with Crippen LogP contribution in [-0.4, -0.2) is 52.6 Å². The van der Waals surface area contributed by atoms with E-state index in [1.165, 1.54) is 39.7 Å². The van der Waals surface area contributed by atoms with Crippen LogP contribution in [0.2, 0.25) is 0 Å². The van der Waals surface area contributed by atoms with Crippen molar-refractivity contribution < 1.29 is 17.5 Å². The molecule has 1 aromatic carbocycles. The number of sulfonamides is 1. The summed E-state index contributed by atoms with van der Waals surface area (Å²) in [4.78, 5) is 2.13.